The summed E-state index contributed by atoms with van der Waals surface area (Å²) >= 11 is 2.58. The molecule has 29 heavy (non-hydrogen) atoms. The van der Waals surface area contributed by atoms with Crippen LogP contribution in [0, 0.1) is 10.1 Å². The number of carbonyl (C=O) groups is 1. The first-order valence-electron chi connectivity index (χ1n) is 8.37. The monoisotopic (exact) mass is 428 g/mol. The van der Waals surface area contributed by atoms with Crippen molar-refractivity contribution >= 4 is 45.9 Å². The molecule has 3 aromatic rings. The predicted octanol–water partition coefficient (Wildman–Crippen LogP) is 4.40. The van der Waals surface area contributed by atoms with E-state index < -0.39 is 4.92 Å². The summed E-state index contributed by atoms with van der Waals surface area (Å²) in [5.41, 5.74) is 1.59. The molecule has 0 spiro atoms. The lowest BCUT2D eigenvalue weighted by Crippen LogP contribution is -2.07. The summed E-state index contributed by atoms with van der Waals surface area (Å²) < 4.78 is 5.88. The van der Waals surface area contributed by atoms with Gasteiger partial charge in [0, 0.05) is 29.5 Å². The highest BCUT2D eigenvalue weighted by atomic mass is 32.2. The number of amides is 1. The third kappa shape index (κ3) is 5.87. The van der Waals surface area contributed by atoms with Crippen molar-refractivity contribution in [3.05, 3.63) is 75.8 Å². The smallest absolute Gasteiger partial charge is 0.270 e. The zero-order chi connectivity index (χ0) is 20.6. The summed E-state index contributed by atoms with van der Waals surface area (Å²) in [5.74, 6) is 0.676. The van der Waals surface area contributed by atoms with Crippen molar-refractivity contribution in [1.29, 1.82) is 0 Å². The number of nitro groups is 1. The second-order valence-corrected chi connectivity index (χ2v) is 7.85. The van der Waals surface area contributed by atoms with E-state index in [-0.39, 0.29) is 11.6 Å². The first-order chi connectivity index (χ1) is 14.0. The van der Waals surface area contributed by atoms with Crippen LogP contribution in [0.2, 0.25) is 0 Å². The topological polar surface area (TPSA) is 107 Å². The van der Waals surface area contributed by atoms with E-state index in [4.69, 9.17) is 4.74 Å². The molecule has 2 aromatic carbocycles. The Morgan fingerprint density at radius 1 is 1.28 bits per heavy atom. The van der Waals surface area contributed by atoms with Gasteiger partial charge in [-0.15, -0.1) is 10.2 Å². The molecule has 0 saturated heterocycles. The minimum absolute atomic E-state index is 0.00294. The first kappa shape index (κ1) is 20.5. The summed E-state index contributed by atoms with van der Waals surface area (Å²) in [4.78, 5) is 22.5. The minimum Gasteiger partial charge on any atom is -0.496 e. The van der Waals surface area contributed by atoms with Crippen molar-refractivity contribution < 1.29 is 14.5 Å². The van der Waals surface area contributed by atoms with Crippen molar-refractivity contribution in [2.45, 2.75) is 10.1 Å². The maximum atomic E-state index is 12.0. The highest BCUT2D eigenvalue weighted by Gasteiger charge is 2.13. The number of hydrogen-bond donors (Lipinski definition) is 1. The van der Waals surface area contributed by atoms with Gasteiger partial charge in [0.1, 0.15) is 5.75 Å². The van der Waals surface area contributed by atoms with Crippen LogP contribution in [0.5, 0.6) is 5.75 Å². The summed E-state index contributed by atoms with van der Waals surface area (Å²) in [6.45, 7) is 0. The summed E-state index contributed by atoms with van der Waals surface area (Å²) in [6, 6.07) is 13.9. The molecule has 1 N–H and O–H groups in total. The lowest BCUT2D eigenvalue weighted by atomic mass is 10.2. The maximum Gasteiger partial charge on any atom is 0.270 e. The highest BCUT2D eigenvalue weighted by molar-refractivity contribution is 8.00. The van der Waals surface area contributed by atoms with Crippen molar-refractivity contribution in [1.82, 2.24) is 10.2 Å². The number of anilines is 1. The molecule has 0 atom stereocenters. The Labute approximate surface area is 174 Å². The largest absolute Gasteiger partial charge is 0.496 e. The second kappa shape index (κ2) is 9.80. The molecule has 10 heteroatoms. The number of thioether (sulfide) groups is 1. The fraction of sp³-hybridized carbons (Fsp3) is 0.105. The Balaban J connectivity index is 1.59. The number of aromatic nitrogens is 2. The maximum absolute atomic E-state index is 12.0. The molecule has 1 heterocycles. The van der Waals surface area contributed by atoms with Crippen LogP contribution in [0.15, 0.2) is 58.9 Å². The quantitative estimate of drug-likeness (QED) is 0.186. The van der Waals surface area contributed by atoms with Crippen molar-refractivity contribution in [3.8, 4) is 5.75 Å². The Bertz CT molecular complexity index is 1040. The third-order valence-electron chi connectivity index (χ3n) is 3.69. The van der Waals surface area contributed by atoms with E-state index in [1.165, 1.54) is 48.4 Å². The van der Waals surface area contributed by atoms with Gasteiger partial charge in [-0.2, -0.15) is 0 Å². The molecule has 0 aliphatic rings. The number of nitrogens with zero attached hydrogens (tertiary/aromatic N) is 3. The van der Waals surface area contributed by atoms with Crippen LogP contribution in [-0.4, -0.2) is 28.1 Å². The molecule has 0 unspecified atom stereocenters. The first-order valence-corrected chi connectivity index (χ1v) is 10.2. The van der Waals surface area contributed by atoms with E-state index in [2.05, 4.69) is 15.5 Å². The normalized spacial score (nSPS) is 10.8. The molecule has 0 radical (unpaired) electrons. The van der Waals surface area contributed by atoms with E-state index in [9.17, 15) is 14.9 Å². The number of non-ortho nitro benzene ring substituents is 1. The van der Waals surface area contributed by atoms with Gasteiger partial charge in [-0.1, -0.05) is 53.4 Å². The van der Waals surface area contributed by atoms with Gasteiger partial charge in [-0.3, -0.25) is 20.2 Å². The number of ether oxygens (including phenoxy) is 1. The molecule has 0 aliphatic heterocycles. The minimum atomic E-state index is -0.449. The van der Waals surface area contributed by atoms with E-state index in [0.717, 1.165) is 5.56 Å². The average molecular weight is 428 g/mol. The lowest BCUT2D eigenvalue weighted by Gasteiger charge is -2.06. The van der Waals surface area contributed by atoms with Crippen LogP contribution in [0.25, 0.3) is 6.08 Å². The van der Waals surface area contributed by atoms with Crippen LogP contribution in [0.4, 0.5) is 10.8 Å². The summed E-state index contributed by atoms with van der Waals surface area (Å²) in [7, 11) is 1.51. The Morgan fingerprint density at radius 3 is 2.79 bits per heavy atom. The fourth-order valence-electron chi connectivity index (χ4n) is 2.33. The van der Waals surface area contributed by atoms with Crippen molar-refractivity contribution in [2.75, 3.05) is 12.4 Å². The number of carbonyl (C=O) groups excluding carboxylic acids is 1. The van der Waals surface area contributed by atoms with E-state index >= 15 is 0 Å². The molecule has 3 rings (SSSR count). The fourth-order valence-corrected chi connectivity index (χ4v) is 4.07. The molecule has 0 fully saturated rings. The molecule has 1 amide bonds. The van der Waals surface area contributed by atoms with Gasteiger partial charge >= 0.3 is 0 Å². The van der Waals surface area contributed by atoms with Crippen LogP contribution in [-0.2, 0) is 10.5 Å². The highest BCUT2D eigenvalue weighted by Crippen LogP contribution is 2.33. The van der Waals surface area contributed by atoms with Gasteiger partial charge in [0.2, 0.25) is 11.0 Å². The van der Waals surface area contributed by atoms with E-state index in [0.29, 0.717) is 26.5 Å². The van der Waals surface area contributed by atoms with Crippen LogP contribution < -0.4 is 10.1 Å². The van der Waals surface area contributed by atoms with Crippen LogP contribution >= 0.6 is 23.1 Å². The zero-order valence-corrected chi connectivity index (χ0v) is 16.9. The average Bonchev–Trinajstić information content (AvgIpc) is 3.18. The molecule has 0 saturated carbocycles. The SMILES string of the molecule is COc1ccc([N+](=O)[O-])cc1CSc1nnc(NC(=O)/C=C/c2ccccc2)s1. The van der Waals surface area contributed by atoms with E-state index in [1.54, 1.807) is 12.1 Å². The second-order valence-electron chi connectivity index (χ2n) is 5.65. The van der Waals surface area contributed by atoms with Crippen LogP contribution in [0.3, 0.4) is 0 Å². The number of rotatable bonds is 8. The van der Waals surface area contributed by atoms with Gasteiger partial charge in [0.05, 0.1) is 12.0 Å². The molecule has 8 nitrogen and oxygen atoms in total. The zero-order valence-electron chi connectivity index (χ0n) is 15.3. The predicted molar refractivity (Wildman–Crippen MR) is 113 cm³/mol. The number of methoxy groups -OCH3 is 1. The molecule has 148 valence electrons. The number of hydrogen-bond acceptors (Lipinski definition) is 8. The van der Waals surface area contributed by atoms with Gasteiger partial charge in [0.15, 0.2) is 4.34 Å². The van der Waals surface area contributed by atoms with Gasteiger partial charge in [-0.25, -0.2) is 0 Å². The lowest BCUT2D eigenvalue weighted by molar-refractivity contribution is -0.384. The number of nitro benzene ring substituents is 1. The molecule has 1 aromatic heterocycles. The summed E-state index contributed by atoms with van der Waals surface area (Å²) in [5, 5.41) is 22.0. The standard InChI is InChI=1S/C19H16N4O4S2/c1-27-16-9-8-15(23(25)26)11-14(16)12-28-19-22-21-18(29-19)20-17(24)10-7-13-5-3-2-4-6-13/h2-11H,12H2,1H3,(H,20,21,24)/b10-7+. The van der Waals surface area contributed by atoms with Gasteiger partial charge in [-0.05, 0) is 17.7 Å². The van der Waals surface area contributed by atoms with Crippen LogP contribution in [0.1, 0.15) is 11.1 Å². The van der Waals surface area contributed by atoms with Gasteiger partial charge < -0.3 is 4.74 Å². The summed E-state index contributed by atoms with van der Waals surface area (Å²) in [6.07, 6.45) is 3.14. The third-order valence-corrected chi connectivity index (χ3v) is 5.71. The number of nitrogens with one attached hydrogen (secondary N) is 1. The Hall–Kier alpha value is -3.24. The Kier molecular flexibility index (Phi) is 6.93. The Morgan fingerprint density at radius 2 is 2.07 bits per heavy atom. The molecular formula is C19H16N4O4S2. The van der Waals surface area contributed by atoms with Crippen molar-refractivity contribution in [3.63, 3.8) is 0 Å². The van der Waals surface area contributed by atoms with Gasteiger partial charge in [0.25, 0.3) is 5.69 Å². The molecule has 0 bridgehead atoms. The molecular weight excluding hydrogens is 412 g/mol. The molecule has 0 aliphatic carbocycles. The van der Waals surface area contributed by atoms with Crippen molar-refractivity contribution in [2.24, 2.45) is 0 Å². The van der Waals surface area contributed by atoms with E-state index in [1.807, 2.05) is 30.3 Å². The number of benzene rings is 2.